The van der Waals surface area contributed by atoms with E-state index in [0.29, 0.717) is 5.69 Å². The molecule has 2 rings (SSSR count). The lowest BCUT2D eigenvalue weighted by molar-refractivity contribution is 1.26. The molecule has 0 saturated carbocycles. The predicted molar refractivity (Wildman–Crippen MR) is 80.7 cm³/mol. The maximum atomic E-state index is 9.33. The van der Waals surface area contributed by atoms with Gasteiger partial charge in [-0.15, -0.1) is 11.8 Å². The molecule has 0 spiro atoms. The second-order valence-electron chi connectivity index (χ2n) is 4.14. The van der Waals surface area contributed by atoms with E-state index in [2.05, 4.69) is 10.9 Å². The summed E-state index contributed by atoms with van der Waals surface area (Å²) >= 11 is 3.07. The molecular weight excluding hydrogens is 272 g/mol. The molecule has 1 aromatic carbocycles. The van der Waals surface area contributed by atoms with Gasteiger partial charge in [0.25, 0.3) is 0 Å². The minimum absolute atomic E-state index is 0.248. The Bertz CT molecular complexity index is 657. The number of thiophene rings is 1. The smallest absolute Gasteiger partial charge is 0.200 e. The van der Waals surface area contributed by atoms with Crippen molar-refractivity contribution in [1.29, 1.82) is 5.26 Å². The summed E-state index contributed by atoms with van der Waals surface area (Å²) in [5, 5.41) is 9.08. The first-order chi connectivity index (χ1) is 9.13. The number of thioether (sulfide) groups is 1. The third-order valence-corrected chi connectivity index (χ3v) is 5.07. The highest BCUT2D eigenvalue weighted by atomic mass is 32.2. The number of rotatable bonds is 3. The Morgan fingerprint density at radius 1 is 1.32 bits per heavy atom. The molecular formula is C15H12N2S2. The fraction of sp³-hybridized carbons (Fsp3) is 0.200. The van der Waals surface area contributed by atoms with Gasteiger partial charge in [-0.1, -0.05) is 17.7 Å². The minimum atomic E-state index is -0.248. The van der Waals surface area contributed by atoms with Crippen molar-refractivity contribution in [3.05, 3.63) is 57.1 Å². The summed E-state index contributed by atoms with van der Waals surface area (Å²) in [6, 6.07) is 12.3. The average Bonchev–Trinajstić information content (AvgIpc) is 2.79. The van der Waals surface area contributed by atoms with Gasteiger partial charge in [0.2, 0.25) is 5.69 Å². The molecule has 1 aromatic heterocycles. The Balaban J connectivity index is 2.23. The summed E-state index contributed by atoms with van der Waals surface area (Å²) in [4.78, 5) is 6.48. The molecule has 0 fully saturated rings. The summed E-state index contributed by atoms with van der Waals surface area (Å²) in [7, 11) is 0. The largest absolute Gasteiger partial charge is 0.237 e. The SMILES string of the molecule is [C-]#[N+]c1cc(C(C#N)Sc2ccc(C)cc2)sc1C. The second-order valence-corrected chi connectivity index (χ2v) is 6.61. The van der Waals surface area contributed by atoms with Crippen molar-refractivity contribution in [1.82, 2.24) is 0 Å². The molecule has 2 aromatic rings. The molecule has 0 aliphatic carbocycles. The molecule has 0 N–H and O–H groups in total. The van der Waals surface area contributed by atoms with Crippen LogP contribution in [-0.4, -0.2) is 0 Å². The van der Waals surface area contributed by atoms with Crippen LogP contribution in [0, 0.1) is 31.8 Å². The van der Waals surface area contributed by atoms with Gasteiger partial charge in [-0.05, 0) is 32.0 Å². The summed E-state index contributed by atoms with van der Waals surface area (Å²) in [5.41, 5.74) is 1.87. The number of hydrogen-bond acceptors (Lipinski definition) is 3. The first-order valence-electron chi connectivity index (χ1n) is 5.74. The van der Waals surface area contributed by atoms with Crippen molar-refractivity contribution in [3.8, 4) is 6.07 Å². The molecule has 0 bridgehead atoms. The number of benzene rings is 1. The zero-order valence-electron chi connectivity index (χ0n) is 10.7. The van der Waals surface area contributed by atoms with Gasteiger partial charge in [-0.3, -0.25) is 0 Å². The van der Waals surface area contributed by atoms with Crippen molar-refractivity contribution in [2.75, 3.05) is 0 Å². The van der Waals surface area contributed by atoms with E-state index in [1.54, 1.807) is 0 Å². The number of nitriles is 1. The van der Waals surface area contributed by atoms with Crippen molar-refractivity contribution >= 4 is 28.8 Å². The standard InChI is InChI=1S/C15H12N2S2/c1-10-4-6-12(7-5-10)19-15(9-16)14-8-13(17-3)11(2)18-14/h4-8,15H,1-2H3. The monoisotopic (exact) mass is 284 g/mol. The van der Waals surface area contributed by atoms with Crippen LogP contribution in [0.1, 0.15) is 20.6 Å². The normalized spacial score (nSPS) is 11.6. The lowest BCUT2D eigenvalue weighted by Crippen LogP contribution is -1.86. The number of aryl methyl sites for hydroxylation is 2. The fourth-order valence-electron chi connectivity index (χ4n) is 1.64. The molecule has 94 valence electrons. The summed E-state index contributed by atoms with van der Waals surface area (Å²) < 4.78 is 0. The highest BCUT2D eigenvalue weighted by Gasteiger charge is 2.16. The molecule has 2 nitrogen and oxygen atoms in total. The van der Waals surface area contributed by atoms with Crippen LogP contribution in [0.25, 0.3) is 4.85 Å². The predicted octanol–water partition coefficient (Wildman–Crippen LogP) is 5.27. The van der Waals surface area contributed by atoms with Crippen molar-refractivity contribution in [2.24, 2.45) is 0 Å². The van der Waals surface area contributed by atoms with Crippen LogP contribution in [0.4, 0.5) is 5.69 Å². The van der Waals surface area contributed by atoms with E-state index in [-0.39, 0.29) is 5.25 Å². The quantitative estimate of drug-likeness (QED) is 0.567. The third kappa shape index (κ3) is 3.17. The number of hydrogen-bond donors (Lipinski definition) is 0. The van der Waals surface area contributed by atoms with E-state index in [4.69, 9.17) is 6.57 Å². The van der Waals surface area contributed by atoms with Gasteiger partial charge in [0.1, 0.15) is 5.25 Å². The Morgan fingerprint density at radius 2 is 2.00 bits per heavy atom. The van der Waals surface area contributed by atoms with Gasteiger partial charge in [0, 0.05) is 14.6 Å². The molecule has 0 aliphatic heterocycles. The van der Waals surface area contributed by atoms with E-state index in [1.807, 2.05) is 44.2 Å². The fourth-order valence-corrected chi connectivity index (χ4v) is 3.62. The van der Waals surface area contributed by atoms with E-state index in [0.717, 1.165) is 14.6 Å². The van der Waals surface area contributed by atoms with E-state index in [9.17, 15) is 5.26 Å². The first kappa shape index (κ1) is 13.7. The highest BCUT2D eigenvalue weighted by Crippen LogP contribution is 2.41. The lowest BCUT2D eigenvalue weighted by Gasteiger charge is -2.07. The maximum Gasteiger partial charge on any atom is 0.200 e. The molecule has 0 radical (unpaired) electrons. The Kier molecular flexibility index (Phi) is 4.27. The van der Waals surface area contributed by atoms with Gasteiger partial charge in [0.05, 0.1) is 12.6 Å². The third-order valence-electron chi connectivity index (χ3n) is 2.68. The molecule has 1 heterocycles. The van der Waals surface area contributed by atoms with Crippen molar-refractivity contribution in [3.63, 3.8) is 0 Å². The van der Waals surface area contributed by atoms with Gasteiger partial charge in [-0.25, -0.2) is 4.85 Å². The maximum absolute atomic E-state index is 9.33. The van der Waals surface area contributed by atoms with Crippen LogP contribution in [0.3, 0.4) is 0 Å². The number of nitrogens with zero attached hydrogens (tertiary/aromatic N) is 2. The van der Waals surface area contributed by atoms with Crippen LogP contribution >= 0.6 is 23.1 Å². The summed E-state index contributed by atoms with van der Waals surface area (Å²) in [5.74, 6) is 0. The van der Waals surface area contributed by atoms with Crippen molar-refractivity contribution in [2.45, 2.75) is 24.0 Å². The average molecular weight is 284 g/mol. The van der Waals surface area contributed by atoms with E-state index < -0.39 is 0 Å². The van der Waals surface area contributed by atoms with E-state index >= 15 is 0 Å². The first-order valence-corrected chi connectivity index (χ1v) is 7.44. The minimum Gasteiger partial charge on any atom is -0.237 e. The molecule has 0 saturated heterocycles. The van der Waals surface area contributed by atoms with Gasteiger partial charge < -0.3 is 0 Å². The van der Waals surface area contributed by atoms with Crippen LogP contribution in [0.2, 0.25) is 0 Å². The molecule has 0 amide bonds. The molecule has 4 heteroatoms. The zero-order chi connectivity index (χ0) is 13.8. The summed E-state index contributed by atoms with van der Waals surface area (Å²) in [6.07, 6.45) is 0. The molecule has 1 unspecified atom stereocenters. The Labute approximate surface area is 121 Å². The summed E-state index contributed by atoms with van der Waals surface area (Å²) in [6.45, 7) is 11.0. The van der Waals surface area contributed by atoms with Crippen molar-refractivity contribution < 1.29 is 0 Å². The molecule has 19 heavy (non-hydrogen) atoms. The highest BCUT2D eigenvalue weighted by molar-refractivity contribution is 7.99. The zero-order valence-corrected chi connectivity index (χ0v) is 12.3. The Hall–Kier alpha value is -1.75. The van der Waals surface area contributed by atoms with Crippen LogP contribution < -0.4 is 0 Å². The lowest BCUT2D eigenvalue weighted by atomic mass is 10.2. The topological polar surface area (TPSA) is 28.1 Å². The van der Waals surface area contributed by atoms with Crippen LogP contribution in [-0.2, 0) is 0 Å². The Morgan fingerprint density at radius 3 is 2.53 bits per heavy atom. The second kappa shape index (κ2) is 5.93. The van der Waals surface area contributed by atoms with Crippen LogP contribution in [0.5, 0.6) is 0 Å². The van der Waals surface area contributed by atoms with Gasteiger partial charge >= 0.3 is 0 Å². The molecule has 0 aliphatic rings. The van der Waals surface area contributed by atoms with E-state index in [1.165, 1.54) is 28.7 Å². The molecule has 1 atom stereocenters. The van der Waals surface area contributed by atoms with Gasteiger partial charge in [-0.2, -0.15) is 16.6 Å². The van der Waals surface area contributed by atoms with Crippen LogP contribution in [0.15, 0.2) is 35.2 Å². The van der Waals surface area contributed by atoms with Gasteiger partial charge in [0.15, 0.2) is 0 Å².